The summed E-state index contributed by atoms with van der Waals surface area (Å²) in [6.07, 6.45) is 0.110. The molecule has 0 aromatic heterocycles. The zero-order chi connectivity index (χ0) is 11.3. The fraction of sp³-hybridized carbons (Fsp3) is 0.364. The fourth-order valence-electron chi connectivity index (χ4n) is 1.15. The van der Waals surface area contributed by atoms with Gasteiger partial charge in [-0.2, -0.15) is 11.8 Å². The average Bonchev–Trinajstić information content (AvgIpc) is 2.15. The molecular weight excluding hydrogens is 215 g/mol. The maximum Gasteiger partial charge on any atom is 0.304 e. The minimum Gasteiger partial charge on any atom is -0.481 e. The van der Waals surface area contributed by atoms with Crippen molar-refractivity contribution in [2.75, 3.05) is 0 Å². The SMILES string of the molecule is CC(CC(=O)O)SCc1ccccc1F. The molecule has 1 aromatic carbocycles. The Bertz CT molecular complexity index is 341. The predicted octanol–water partition coefficient (Wildman–Crippen LogP) is 2.92. The molecule has 15 heavy (non-hydrogen) atoms. The van der Waals surface area contributed by atoms with Crippen LogP contribution in [0.3, 0.4) is 0 Å². The standard InChI is InChI=1S/C11H13FO2S/c1-8(6-11(13)14)15-7-9-4-2-3-5-10(9)12/h2-5,8H,6-7H2,1H3,(H,13,14). The van der Waals surface area contributed by atoms with Gasteiger partial charge in [-0.15, -0.1) is 0 Å². The van der Waals surface area contributed by atoms with Gasteiger partial charge in [0, 0.05) is 11.0 Å². The Morgan fingerprint density at radius 2 is 2.20 bits per heavy atom. The van der Waals surface area contributed by atoms with E-state index in [1.54, 1.807) is 18.2 Å². The van der Waals surface area contributed by atoms with Crippen LogP contribution in [0.15, 0.2) is 24.3 Å². The van der Waals surface area contributed by atoms with Crippen LogP contribution in [-0.4, -0.2) is 16.3 Å². The lowest BCUT2D eigenvalue weighted by Gasteiger charge is -2.08. The van der Waals surface area contributed by atoms with Gasteiger partial charge in [-0.25, -0.2) is 4.39 Å². The van der Waals surface area contributed by atoms with E-state index in [0.29, 0.717) is 11.3 Å². The molecule has 4 heteroatoms. The van der Waals surface area contributed by atoms with Crippen molar-refractivity contribution in [1.29, 1.82) is 0 Å². The summed E-state index contributed by atoms with van der Waals surface area (Å²) in [7, 11) is 0. The van der Waals surface area contributed by atoms with Gasteiger partial charge in [-0.1, -0.05) is 25.1 Å². The summed E-state index contributed by atoms with van der Waals surface area (Å²) in [6.45, 7) is 1.83. The summed E-state index contributed by atoms with van der Waals surface area (Å²) in [5, 5.41) is 8.55. The third kappa shape index (κ3) is 4.34. The van der Waals surface area contributed by atoms with Gasteiger partial charge >= 0.3 is 5.97 Å². The van der Waals surface area contributed by atoms with Crippen LogP contribution in [0.25, 0.3) is 0 Å². The topological polar surface area (TPSA) is 37.3 Å². The van der Waals surface area contributed by atoms with E-state index >= 15 is 0 Å². The smallest absolute Gasteiger partial charge is 0.304 e. The van der Waals surface area contributed by atoms with Crippen molar-refractivity contribution in [3.05, 3.63) is 35.6 Å². The molecule has 1 aromatic rings. The van der Waals surface area contributed by atoms with Crippen LogP contribution in [0, 0.1) is 5.82 Å². The van der Waals surface area contributed by atoms with Crippen molar-refractivity contribution in [3.63, 3.8) is 0 Å². The molecule has 0 aliphatic carbocycles. The molecule has 0 radical (unpaired) electrons. The highest BCUT2D eigenvalue weighted by Crippen LogP contribution is 2.21. The lowest BCUT2D eigenvalue weighted by molar-refractivity contribution is -0.136. The van der Waals surface area contributed by atoms with Gasteiger partial charge in [0.25, 0.3) is 0 Å². The number of carbonyl (C=O) groups is 1. The molecule has 0 fully saturated rings. The Kier molecular flexibility index (Phi) is 4.62. The summed E-state index contributed by atoms with van der Waals surface area (Å²) in [6, 6.07) is 6.55. The maximum absolute atomic E-state index is 13.2. The number of halogens is 1. The lowest BCUT2D eigenvalue weighted by Crippen LogP contribution is -2.06. The molecule has 0 aliphatic rings. The van der Waals surface area contributed by atoms with Crippen molar-refractivity contribution in [1.82, 2.24) is 0 Å². The Labute approximate surface area is 92.5 Å². The molecule has 0 heterocycles. The molecule has 0 saturated carbocycles. The van der Waals surface area contributed by atoms with E-state index in [4.69, 9.17) is 5.11 Å². The quantitative estimate of drug-likeness (QED) is 0.842. The average molecular weight is 228 g/mol. The normalized spacial score (nSPS) is 12.4. The van der Waals surface area contributed by atoms with Gasteiger partial charge in [-0.3, -0.25) is 4.79 Å². The Morgan fingerprint density at radius 1 is 1.53 bits per heavy atom. The maximum atomic E-state index is 13.2. The second kappa shape index (κ2) is 5.75. The molecule has 2 nitrogen and oxygen atoms in total. The van der Waals surface area contributed by atoms with Crippen molar-refractivity contribution in [2.24, 2.45) is 0 Å². The molecule has 1 atom stereocenters. The first kappa shape index (κ1) is 12.0. The Hall–Kier alpha value is -1.03. The van der Waals surface area contributed by atoms with Crippen LogP contribution in [0.2, 0.25) is 0 Å². The Balaban J connectivity index is 2.43. The minimum absolute atomic E-state index is 0.00195. The van der Waals surface area contributed by atoms with Gasteiger partial charge in [0.15, 0.2) is 0 Å². The molecule has 82 valence electrons. The summed E-state index contributed by atoms with van der Waals surface area (Å²) in [5.41, 5.74) is 0.625. The first-order valence-corrected chi connectivity index (χ1v) is 5.71. The summed E-state index contributed by atoms with van der Waals surface area (Å²) >= 11 is 1.45. The van der Waals surface area contributed by atoms with E-state index in [0.717, 1.165) is 0 Å². The van der Waals surface area contributed by atoms with Crippen LogP contribution >= 0.6 is 11.8 Å². The molecule has 1 unspecified atom stereocenters. The van der Waals surface area contributed by atoms with E-state index in [1.165, 1.54) is 17.8 Å². The zero-order valence-electron chi connectivity index (χ0n) is 8.44. The third-order valence-electron chi connectivity index (χ3n) is 1.94. The van der Waals surface area contributed by atoms with E-state index < -0.39 is 5.97 Å². The first-order chi connectivity index (χ1) is 7.09. The number of carboxylic acids is 1. The molecule has 0 amide bonds. The van der Waals surface area contributed by atoms with Gasteiger partial charge in [0.2, 0.25) is 0 Å². The molecule has 1 rings (SSSR count). The van der Waals surface area contributed by atoms with Gasteiger partial charge in [0.05, 0.1) is 6.42 Å². The molecule has 0 spiro atoms. The number of rotatable bonds is 5. The number of hydrogen-bond acceptors (Lipinski definition) is 2. The highest BCUT2D eigenvalue weighted by molar-refractivity contribution is 7.99. The summed E-state index contributed by atoms with van der Waals surface area (Å²) in [4.78, 5) is 10.4. The first-order valence-electron chi connectivity index (χ1n) is 4.66. The summed E-state index contributed by atoms with van der Waals surface area (Å²) in [5.74, 6) is -0.530. The highest BCUT2D eigenvalue weighted by Gasteiger charge is 2.09. The van der Waals surface area contributed by atoms with E-state index in [1.807, 2.05) is 6.92 Å². The Morgan fingerprint density at radius 3 is 2.80 bits per heavy atom. The monoisotopic (exact) mass is 228 g/mol. The number of aliphatic carboxylic acids is 1. The summed E-state index contributed by atoms with van der Waals surface area (Å²) < 4.78 is 13.2. The van der Waals surface area contributed by atoms with Crippen molar-refractivity contribution in [3.8, 4) is 0 Å². The second-order valence-corrected chi connectivity index (χ2v) is 4.74. The van der Waals surface area contributed by atoms with Crippen LogP contribution < -0.4 is 0 Å². The largest absolute Gasteiger partial charge is 0.481 e. The highest BCUT2D eigenvalue weighted by atomic mass is 32.2. The van der Waals surface area contributed by atoms with Gasteiger partial charge in [-0.05, 0) is 11.6 Å². The van der Waals surface area contributed by atoms with E-state index in [-0.39, 0.29) is 17.5 Å². The number of benzene rings is 1. The van der Waals surface area contributed by atoms with E-state index in [9.17, 15) is 9.18 Å². The third-order valence-corrected chi connectivity index (χ3v) is 3.16. The molecule has 0 aliphatic heterocycles. The fourth-order valence-corrected chi connectivity index (χ4v) is 2.11. The minimum atomic E-state index is -0.816. The molecule has 1 N–H and O–H groups in total. The zero-order valence-corrected chi connectivity index (χ0v) is 9.26. The van der Waals surface area contributed by atoms with Crippen LogP contribution in [0.5, 0.6) is 0 Å². The van der Waals surface area contributed by atoms with Gasteiger partial charge in [0.1, 0.15) is 5.82 Å². The number of thioether (sulfide) groups is 1. The van der Waals surface area contributed by atoms with Crippen LogP contribution in [0.1, 0.15) is 18.9 Å². The van der Waals surface area contributed by atoms with Crippen molar-refractivity contribution in [2.45, 2.75) is 24.3 Å². The van der Waals surface area contributed by atoms with Crippen LogP contribution in [-0.2, 0) is 10.5 Å². The van der Waals surface area contributed by atoms with Crippen LogP contribution in [0.4, 0.5) is 4.39 Å². The van der Waals surface area contributed by atoms with Crippen molar-refractivity contribution >= 4 is 17.7 Å². The molecular formula is C11H13FO2S. The molecule has 0 bridgehead atoms. The second-order valence-electron chi connectivity index (χ2n) is 3.31. The predicted molar refractivity (Wildman–Crippen MR) is 59.4 cm³/mol. The lowest BCUT2D eigenvalue weighted by atomic mass is 10.2. The number of carboxylic acid groups (broad SMARTS) is 1. The molecule has 0 saturated heterocycles. The van der Waals surface area contributed by atoms with Crippen molar-refractivity contribution < 1.29 is 14.3 Å². The van der Waals surface area contributed by atoms with Gasteiger partial charge < -0.3 is 5.11 Å². The number of hydrogen-bond donors (Lipinski definition) is 1. The van der Waals surface area contributed by atoms with E-state index in [2.05, 4.69) is 0 Å².